The molecule has 1 aromatic carbocycles. The van der Waals surface area contributed by atoms with Crippen molar-refractivity contribution in [3.8, 4) is 11.3 Å². The maximum atomic E-state index is 14.7. The second-order valence-corrected chi connectivity index (χ2v) is 11.1. The maximum Gasteiger partial charge on any atom is 0.226 e. The Morgan fingerprint density at radius 1 is 1.08 bits per heavy atom. The van der Waals surface area contributed by atoms with Crippen molar-refractivity contribution in [3.63, 3.8) is 0 Å². The van der Waals surface area contributed by atoms with E-state index in [9.17, 15) is 9.18 Å². The summed E-state index contributed by atoms with van der Waals surface area (Å²) in [5.74, 6) is 0.790. The minimum Gasteiger partial charge on any atom is -0.382 e. The quantitative estimate of drug-likeness (QED) is 0.501. The summed E-state index contributed by atoms with van der Waals surface area (Å²) in [6.45, 7) is 8.52. The third-order valence-electron chi connectivity index (χ3n) is 8.65. The van der Waals surface area contributed by atoms with E-state index in [0.29, 0.717) is 50.3 Å². The van der Waals surface area contributed by atoms with Crippen molar-refractivity contribution >= 4 is 11.9 Å². The zero-order chi connectivity index (χ0) is 26.5. The van der Waals surface area contributed by atoms with Crippen LogP contribution in [0.3, 0.4) is 0 Å². The Hall–Kier alpha value is -2.62. The number of rotatable bonds is 9. The second-order valence-electron chi connectivity index (χ2n) is 11.1. The van der Waals surface area contributed by atoms with Gasteiger partial charge in [-0.25, -0.2) is 14.4 Å². The Labute approximate surface area is 224 Å². The number of carbonyl (C=O) groups excluding carboxylic acids is 1. The summed E-state index contributed by atoms with van der Waals surface area (Å²) in [6.07, 6.45) is 6.10. The van der Waals surface area contributed by atoms with Crippen LogP contribution in [0.2, 0.25) is 0 Å². The fourth-order valence-electron chi connectivity index (χ4n) is 6.08. The number of anilines is 1. The van der Waals surface area contributed by atoms with Crippen LogP contribution in [-0.4, -0.2) is 79.4 Å². The van der Waals surface area contributed by atoms with Crippen LogP contribution in [0.4, 0.5) is 10.3 Å². The third kappa shape index (κ3) is 6.16. The van der Waals surface area contributed by atoms with E-state index in [2.05, 4.69) is 32.0 Å². The molecule has 1 atom stereocenters. The second kappa shape index (κ2) is 12.1. The van der Waals surface area contributed by atoms with E-state index in [-0.39, 0.29) is 23.1 Å². The Morgan fingerprint density at radius 3 is 2.53 bits per heavy atom. The van der Waals surface area contributed by atoms with Crippen molar-refractivity contribution in [2.45, 2.75) is 51.2 Å². The number of methoxy groups -OCH3 is 1. The van der Waals surface area contributed by atoms with Crippen LogP contribution in [0.1, 0.15) is 44.6 Å². The first-order valence-corrected chi connectivity index (χ1v) is 13.9. The zero-order valence-corrected chi connectivity index (χ0v) is 22.6. The van der Waals surface area contributed by atoms with Gasteiger partial charge in [0.15, 0.2) is 5.82 Å². The first-order chi connectivity index (χ1) is 18.4. The number of ether oxygens (including phenoxy) is 2. The van der Waals surface area contributed by atoms with Gasteiger partial charge in [-0.05, 0) is 63.6 Å². The van der Waals surface area contributed by atoms with E-state index in [1.807, 2.05) is 24.3 Å². The minimum atomic E-state index is -0.450. The lowest BCUT2D eigenvalue weighted by Gasteiger charge is -2.39. The van der Waals surface area contributed by atoms with Gasteiger partial charge in [-0.3, -0.25) is 4.79 Å². The lowest BCUT2D eigenvalue weighted by Crippen LogP contribution is -2.54. The number of aromatic nitrogens is 2. The SMILES string of the molecule is COCCOCc1ccc(-c2nc(N3CCC(C(=O)NC4(C)CCN5CCC4CC5)CC3)ncc2F)cc1. The Kier molecular flexibility index (Phi) is 8.55. The van der Waals surface area contributed by atoms with Crippen molar-refractivity contribution in [2.24, 2.45) is 11.8 Å². The van der Waals surface area contributed by atoms with Crippen LogP contribution in [-0.2, 0) is 20.9 Å². The van der Waals surface area contributed by atoms with Gasteiger partial charge in [-0.2, -0.15) is 0 Å². The summed E-state index contributed by atoms with van der Waals surface area (Å²) in [7, 11) is 1.64. The highest BCUT2D eigenvalue weighted by molar-refractivity contribution is 5.79. The van der Waals surface area contributed by atoms with Gasteiger partial charge in [0.2, 0.25) is 11.9 Å². The third-order valence-corrected chi connectivity index (χ3v) is 8.65. The molecule has 1 aromatic heterocycles. The van der Waals surface area contributed by atoms with Gasteiger partial charge in [0, 0.05) is 43.8 Å². The molecule has 2 bridgehead atoms. The van der Waals surface area contributed by atoms with Gasteiger partial charge in [0.1, 0.15) is 5.69 Å². The van der Waals surface area contributed by atoms with Crippen molar-refractivity contribution in [1.82, 2.24) is 20.2 Å². The highest BCUT2D eigenvalue weighted by Crippen LogP contribution is 2.36. The molecule has 4 aliphatic heterocycles. The normalized spacial score (nSPS) is 25.8. The van der Waals surface area contributed by atoms with Crippen LogP contribution in [0.5, 0.6) is 0 Å². The first-order valence-electron chi connectivity index (χ1n) is 13.9. The molecule has 4 aliphatic rings. The number of amides is 1. The summed E-state index contributed by atoms with van der Waals surface area (Å²) in [4.78, 5) is 26.7. The number of hydrogen-bond acceptors (Lipinski definition) is 7. The molecule has 1 amide bonds. The topological polar surface area (TPSA) is 79.8 Å². The number of halogens is 1. The first kappa shape index (κ1) is 27.0. The van der Waals surface area contributed by atoms with Gasteiger partial charge in [-0.15, -0.1) is 0 Å². The summed E-state index contributed by atoms with van der Waals surface area (Å²) >= 11 is 0. The lowest BCUT2D eigenvalue weighted by atomic mass is 9.78. The van der Waals surface area contributed by atoms with Gasteiger partial charge in [0.25, 0.3) is 0 Å². The Bertz CT molecular complexity index is 1080. The monoisotopic (exact) mass is 525 g/mol. The van der Waals surface area contributed by atoms with E-state index in [1.165, 1.54) is 19.0 Å². The average Bonchev–Trinajstić information content (AvgIpc) is 3.20. The van der Waals surface area contributed by atoms with Crippen LogP contribution in [0.25, 0.3) is 11.3 Å². The summed E-state index contributed by atoms with van der Waals surface area (Å²) in [6, 6.07) is 7.56. The fourth-order valence-corrected chi connectivity index (χ4v) is 6.08. The lowest BCUT2D eigenvalue weighted by molar-refractivity contribution is -0.128. The van der Waals surface area contributed by atoms with Gasteiger partial charge in [-0.1, -0.05) is 24.3 Å². The molecule has 5 heterocycles. The molecule has 9 heteroatoms. The molecule has 0 radical (unpaired) electrons. The largest absolute Gasteiger partial charge is 0.382 e. The Balaban J connectivity index is 1.18. The molecule has 0 aliphatic carbocycles. The number of benzene rings is 1. The van der Waals surface area contributed by atoms with E-state index in [0.717, 1.165) is 44.5 Å². The number of nitrogens with zero attached hydrogens (tertiary/aromatic N) is 4. The minimum absolute atomic E-state index is 0.0117. The van der Waals surface area contributed by atoms with Crippen LogP contribution >= 0.6 is 0 Å². The summed E-state index contributed by atoms with van der Waals surface area (Å²) in [5, 5.41) is 3.47. The van der Waals surface area contributed by atoms with Crippen molar-refractivity contribution < 1.29 is 18.7 Å². The zero-order valence-electron chi connectivity index (χ0n) is 22.6. The predicted molar refractivity (Wildman–Crippen MR) is 144 cm³/mol. The van der Waals surface area contributed by atoms with Crippen LogP contribution in [0, 0.1) is 17.7 Å². The molecule has 4 fully saturated rings. The molecule has 1 unspecified atom stereocenters. The predicted octanol–water partition coefficient (Wildman–Crippen LogP) is 3.65. The smallest absolute Gasteiger partial charge is 0.226 e. The summed E-state index contributed by atoms with van der Waals surface area (Å²) in [5.41, 5.74) is 1.87. The van der Waals surface area contributed by atoms with E-state index in [4.69, 9.17) is 9.47 Å². The molecule has 2 aromatic rings. The number of hydrogen-bond donors (Lipinski definition) is 1. The number of fused-ring (bicyclic) bond motifs is 4. The maximum absolute atomic E-state index is 14.7. The number of carbonyl (C=O) groups is 1. The molecule has 206 valence electrons. The van der Waals surface area contributed by atoms with Crippen LogP contribution in [0.15, 0.2) is 30.5 Å². The molecule has 8 nitrogen and oxygen atoms in total. The number of nitrogens with one attached hydrogen (secondary N) is 1. The fraction of sp³-hybridized carbons (Fsp3) is 0.621. The molecular weight excluding hydrogens is 485 g/mol. The van der Waals surface area contributed by atoms with E-state index >= 15 is 0 Å². The molecule has 4 saturated heterocycles. The highest BCUT2D eigenvalue weighted by Gasteiger charge is 2.42. The van der Waals surface area contributed by atoms with Crippen molar-refractivity contribution in [3.05, 3.63) is 41.8 Å². The standard InChI is InChI=1S/C29H40FN5O3/c1-29(11-16-34-12-9-24(29)10-13-34)33-27(36)23-7-14-35(15-8-23)28-31-19-25(30)26(32-28)22-5-3-21(4-6-22)20-38-18-17-37-2/h3-6,19,23-24H,7-18,20H2,1-2H3,(H,33,36). The van der Waals surface area contributed by atoms with E-state index < -0.39 is 5.82 Å². The van der Waals surface area contributed by atoms with Crippen LogP contribution < -0.4 is 10.2 Å². The molecule has 38 heavy (non-hydrogen) atoms. The van der Waals surface area contributed by atoms with Gasteiger partial charge in [0.05, 0.1) is 26.0 Å². The molecule has 1 N–H and O–H groups in total. The molecule has 6 rings (SSSR count). The molecule has 0 saturated carbocycles. The molecule has 0 spiro atoms. The van der Waals surface area contributed by atoms with E-state index in [1.54, 1.807) is 7.11 Å². The number of piperidine rings is 2. The van der Waals surface area contributed by atoms with Crippen molar-refractivity contribution in [1.29, 1.82) is 0 Å². The Morgan fingerprint density at radius 2 is 1.82 bits per heavy atom. The van der Waals surface area contributed by atoms with Gasteiger partial charge >= 0.3 is 0 Å². The van der Waals surface area contributed by atoms with Crippen molar-refractivity contribution in [2.75, 3.05) is 57.9 Å². The highest BCUT2D eigenvalue weighted by atomic mass is 19.1. The average molecular weight is 526 g/mol. The molecular formula is C29H40FN5O3. The van der Waals surface area contributed by atoms with Gasteiger partial charge < -0.3 is 24.6 Å². The summed E-state index contributed by atoms with van der Waals surface area (Å²) < 4.78 is 25.2.